The van der Waals surface area contributed by atoms with E-state index in [9.17, 15) is 13.2 Å². The molecule has 0 saturated carbocycles. The fourth-order valence-electron chi connectivity index (χ4n) is 2.85. The van der Waals surface area contributed by atoms with Gasteiger partial charge in [-0.1, -0.05) is 63.9 Å². The average Bonchev–Trinajstić information content (AvgIpc) is 2.54. The van der Waals surface area contributed by atoms with Crippen LogP contribution in [0.1, 0.15) is 62.6 Å². The Bertz CT molecular complexity index is 652. The van der Waals surface area contributed by atoms with Gasteiger partial charge in [-0.05, 0) is 53.1 Å². The lowest BCUT2D eigenvalue weighted by molar-refractivity contribution is -0.137. The minimum atomic E-state index is -4.31. The highest BCUT2D eigenvalue weighted by Crippen LogP contribution is 2.35. The normalized spacial score (nSPS) is 12.0. The lowest BCUT2D eigenvalue weighted by Crippen LogP contribution is -2.06. The zero-order valence-corrected chi connectivity index (χ0v) is 14.6. The number of rotatable bonds is 6. The van der Waals surface area contributed by atoms with E-state index in [0.717, 1.165) is 36.8 Å². The third kappa shape index (κ3) is 4.62. The Hall–Kier alpha value is -1.77. The molecule has 0 fully saturated rings. The molecule has 0 unspecified atom stereocenters. The standard InChI is InChI=1S/C21H25F3/c1-4-5-6-7-17-12-13-19(21(22,23)24)14-20(17)18-10-8-16(9-11-18)15(2)3/h8-15H,4-7H2,1-3H3. The molecule has 0 atom stereocenters. The fraction of sp³-hybridized carbons (Fsp3) is 0.429. The predicted molar refractivity (Wildman–Crippen MR) is 94.2 cm³/mol. The van der Waals surface area contributed by atoms with Gasteiger partial charge in [-0.25, -0.2) is 0 Å². The second-order valence-corrected chi connectivity index (χ2v) is 6.60. The highest BCUT2D eigenvalue weighted by atomic mass is 19.4. The molecule has 2 aromatic carbocycles. The summed E-state index contributed by atoms with van der Waals surface area (Å²) in [5.74, 6) is 0.407. The third-order valence-electron chi connectivity index (χ3n) is 4.38. The first-order chi connectivity index (χ1) is 11.3. The van der Waals surface area contributed by atoms with Crippen LogP contribution < -0.4 is 0 Å². The van der Waals surface area contributed by atoms with Crippen LogP contribution in [-0.4, -0.2) is 0 Å². The van der Waals surface area contributed by atoms with Gasteiger partial charge < -0.3 is 0 Å². The van der Waals surface area contributed by atoms with Gasteiger partial charge in [0, 0.05) is 0 Å². The zero-order chi connectivity index (χ0) is 17.7. The first-order valence-corrected chi connectivity index (χ1v) is 8.63. The van der Waals surface area contributed by atoms with Crippen molar-refractivity contribution < 1.29 is 13.2 Å². The summed E-state index contributed by atoms with van der Waals surface area (Å²) in [5.41, 5.74) is 3.17. The first-order valence-electron chi connectivity index (χ1n) is 8.63. The summed E-state index contributed by atoms with van der Waals surface area (Å²) in [4.78, 5) is 0. The maximum atomic E-state index is 13.1. The molecule has 130 valence electrons. The molecule has 0 saturated heterocycles. The van der Waals surface area contributed by atoms with Crippen molar-refractivity contribution in [3.8, 4) is 11.1 Å². The highest BCUT2D eigenvalue weighted by molar-refractivity contribution is 5.69. The van der Waals surface area contributed by atoms with Gasteiger partial charge in [0.2, 0.25) is 0 Å². The molecule has 0 N–H and O–H groups in total. The maximum Gasteiger partial charge on any atom is 0.416 e. The Labute approximate surface area is 142 Å². The summed E-state index contributed by atoms with van der Waals surface area (Å²) in [6.45, 7) is 6.34. The van der Waals surface area contributed by atoms with Crippen molar-refractivity contribution >= 4 is 0 Å². The molecule has 0 amide bonds. The lowest BCUT2D eigenvalue weighted by atomic mass is 9.92. The molecule has 2 aromatic rings. The molecular formula is C21H25F3. The molecule has 0 aliphatic rings. The van der Waals surface area contributed by atoms with E-state index in [0.29, 0.717) is 11.5 Å². The van der Waals surface area contributed by atoms with E-state index in [1.165, 1.54) is 17.7 Å². The van der Waals surface area contributed by atoms with Crippen LogP contribution in [0.5, 0.6) is 0 Å². The summed E-state index contributed by atoms with van der Waals surface area (Å²) in [6, 6.07) is 12.0. The smallest absolute Gasteiger partial charge is 0.166 e. The Morgan fingerprint density at radius 2 is 1.58 bits per heavy atom. The van der Waals surface area contributed by atoms with E-state index < -0.39 is 11.7 Å². The SMILES string of the molecule is CCCCCc1ccc(C(F)(F)F)cc1-c1ccc(C(C)C)cc1. The Morgan fingerprint density at radius 3 is 2.12 bits per heavy atom. The molecule has 0 aliphatic carbocycles. The van der Waals surface area contributed by atoms with Crippen LogP contribution in [0.3, 0.4) is 0 Å². The van der Waals surface area contributed by atoms with Gasteiger partial charge >= 0.3 is 6.18 Å². The Morgan fingerprint density at radius 1 is 0.917 bits per heavy atom. The molecule has 0 bridgehead atoms. The van der Waals surface area contributed by atoms with Crippen molar-refractivity contribution in [1.82, 2.24) is 0 Å². The Balaban J connectivity index is 2.42. The number of hydrogen-bond donors (Lipinski definition) is 0. The molecule has 0 aromatic heterocycles. The van der Waals surface area contributed by atoms with Crippen LogP contribution in [0.2, 0.25) is 0 Å². The topological polar surface area (TPSA) is 0 Å². The van der Waals surface area contributed by atoms with E-state index in [-0.39, 0.29) is 0 Å². The monoisotopic (exact) mass is 334 g/mol. The third-order valence-corrected chi connectivity index (χ3v) is 4.38. The Kier molecular flexibility index (Phi) is 6.09. The molecule has 0 spiro atoms. The van der Waals surface area contributed by atoms with Crippen molar-refractivity contribution in [3.05, 3.63) is 59.2 Å². The fourth-order valence-corrected chi connectivity index (χ4v) is 2.85. The van der Waals surface area contributed by atoms with Crippen molar-refractivity contribution in [2.45, 2.75) is 58.5 Å². The zero-order valence-electron chi connectivity index (χ0n) is 14.6. The average molecular weight is 334 g/mol. The largest absolute Gasteiger partial charge is 0.416 e. The molecule has 0 aliphatic heterocycles. The predicted octanol–water partition coefficient (Wildman–Crippen LogP) is 7.23. The maximum absolute atomic E-state index is 13.1. The van der Waals surface area contributed by atoms with Gasteiger partial charge in [-0.2, -0.15) is 13.2 Å². The van der Waals surface area contributed by atoms with Crippen LogP contribution in [-0.2, 0) is 12.6 Å². The van der Waals surface area contributed by atoms with Crippen LogP contribution in [0.15, 0.2) is 42.5 Å². The summed E-state index contributed by atoms with van der Waals surface area (Å²) in [7, 11) is 0. The van der Waals surface area contributed by atoms with Gasteiger partial charge in [0.05, 0.1) is 5.56 Å². The second-order valence-electron chi connectivity index (χ2n) is 6.60. The molecule has 2 rings (SSSR count). The van der Waals surface area contributed by atoms with Crippen LogP contribution in [0, 0.1) is 0 Å². The number of aryl methyl sites for hydroxylation is 1. The van der Waals surface area contributed by atoms with E-state index in [2.05, 4.69) is 20.8 Å². The van der Waals surface area contributed by atoms with Gasteiger partial charge in [0.15, 0.2) is 0 Å². The molecule has 0 heterocycles. The number of unbranched alkanes of at least 4 members (excludes halogenated alkanes) is 2. The number of halogens is 3. The van der Waals surface area contributed by atoms with Crippen molar-refractivity contribution in [2.24, 2.45) is 0 Å². The van der Waals surface area contributed by atoms with Gasteiger partial charge in [-0.15, -0.1) is 0 Å². The first kappa shape index (κ1) is 18.6. The van der Waals surface area contributed by atoms with E-state index in [4.69, 9.17) is 0 Å². The quantitative estimate of drug-likeness (QED) is 0.489. The summed E-state index contributed by atoms with van der Waals surface area (Å²) in [5, 5.41) is 0. The number of alkyl halides is 3. The van der Waals surface area contributed by atoms with Gasteiger partial charge in [0.1, 0.15) is 0 Å². The summed E-state index contributed by atoms with van der Waals surface area (Å²) >= 11 is 0. The van der Waals surface area contributed by atoms with Crippen LogP contribution >= 0.6 is 0 Å². The van der Waals surface area contributed by atoms with Crippen LogP contribution in [0.25, 0.3) is 11.1 Å². The summed E-state index contributed by atoms with van der Waals surface area (Å²) < 4.78 is 39.3. The minimum absolute atomic E-state index is 0.407. The minimum Gasteiger partial charge on any atom is -0.166 e. The van der Waals surface area contributed by atoms with E-state index in [1.54, 1.807) is 6.07 Å². The van der Waals surface area contributed by atoms with E-state index in [1.807, 2.05) is 24.3 Å². The van der Waals surface area contributed by atoms with Crippen LogP contribution in [0.4, 0.5) is 13.2 Å². The van der Waals surface area contributed by atoms with Crippen molar-refractivity contribution in [3.63, 3.8) is 0 Å². The number of hydrogen-bond acceptors (Lipinski definition) is 0. The molecule has 24 heavy (non-hydrogen) atoms. The lowest BCUT2D eigenvalue weighted by Gasteiger charge is -2.15. The molecule has 3 heteroatoms. The van der Waals surface area contributed by atoms with Crippen molar-refractivity contribution in [1.29, 1.82) is 0 Å². The van der Waals surface area contributed by atoms with Crippen molar-refractivity contribution in [2.75, 3.05) is 0 Å². The van der Waals surface area contributed by atoms with Gasteiger partial charge in [0.25, 0.3) is 0 Å². The highest BCUT2D eigenvalue weighted by Gasteiger charge is 2.31. The molecule has 0 nitrogen and oxygen atoms in total. The van der Waals surface area contributed by atoms with E-state index >= 15 is 0 Å². The second kappa shape index (κ2) is 7.87. The molecular weight excluding hydrogens is 309 g/mol. The number of benzene rings is 2. The summed E-state index contributed by atoms with van der Waals surface area (Å²) in [6.07, 6.45) is -0.313. The van der Waals surface area contributed by atoms with Gasteiger partial charge in [-0.3, -0.25) is 0 Å². The molecule has 0 radical (unpaired) electrons.